The summed E-state index contributed by atoms with van der Waals surface area (Å²) in [5.74, 6) is 0.842. The fraction of sp³-hybridized carbons (Fsp3) is 0.357. The summed E-state index contributed by atoms with van der Waals surface area (Å²) in [6, 6.07) is 8.55. The Morgan fingerprint density at radius 3 is 3.17 bits per heavy atom. The van der Waals surface area contributed by atoms with Gasteiger partial charge in [-0.15, -0.1) is 0 Å². The Bertz CT molecular complexity index is 550. The van der Waals surface area contributed by atoms with E-state index in [2.05, 4.69) is 21.7 Å². The van der Waals surface area contributed by atoms with Crippen molar-refractivity contribution >= 4 is 16.6 Å². The van der Waals surface area contributed by atoms with Crippen molar-refractivity contribution in [2.75, 3.05) is 25.5 Å². The largest absolute Gasteiger partial charge is 0.497 e. The topological polar surface area (TPSA) is 46.2 Å². The van der Waals surface area contributed by atoms with Gasteiger partial charge >= 0.3 is 0 Å². The summed E-state index contributed by atoms with van der Waals surface area (Å²) in [6.07, 6.45) is 2.96. The Balaban J connectivity index is 2.01. The third-order valence-electron chi connectivity index (χ3n) is 3.35. The molecule has 0 spiro atoms. The zero-order valence-electron chi connectivity index (χ0n) is 10.4. The normalized spacial score (nSPS) is 19.1. The van der Waals surface area contributed by atoms with E-state index in [9.17, 15) is 0 Å². The van der Waals surface area contributed by atoms with Crippen molar-refractivity contribution in [3.63, 3.8) is 0 Å². The fourth-order valence-electron chi connectivity index (χ4n) is 2.39. The number of fused-ring (bicyclic) bond motifs is 1. The molecule has 0 aliphatic carbocycles. The van der Waals surface area contributed by atoms with E-state index in [-0.39, 0.29) is 0 Å². The molecule has 1 aliphatic rings. The van der Waals surface area contributed by atoms with Crippen LogP contribution in [0.5, 0.6) is 5.75 Å². The lowest BCUT2D eigenvalue weighted by Crippen LogP contribution is -2.22. The maximum atomic E-state index is 5.33. The predicted octanol–water partition coefficient (Wildman–Crippen LogP) is 2.02. The van der Waals surface area contributed by atoms with Gasteiger partial charge in [-0.3, -0.25) is 4.98 Å². The first kappa shape index (κ1) is 11.3. The van der Waals surface area contributed by atoms with E-state index in [1.807, 2.05) is 24.4 Å². The number of rotatable bonds is 3. The van der Waals surface area contributed by atoms with Crippen LogP contribution in [0.4, 0.5) is 5.69 Å². The second kappa shape index (κ2) is 4.82. The first-order valence-electron chi connectivity index (χ1n) is 6.27. The molecule has 3 rings (SSSR count). The highest BCUT2D eigenvalue weighted by Gasteiger charge is 2.15. The number of hydrogen-bond acceptors (Lipinski definition) is 4. The van der Waals surface area contributed by atoms with Crippen molar-refractivity contribution in [2.24, 2.45) is 0 Å². The number of anilines is 1. The lowest BCUT2D eigenvalue weighted by atomic mass is 10.1. The summed E-state index contributed by atoms with van der Waals surface area (Å²) in [5.41, 5.74) is 2.07. The van der Waals surface area contributed by atoms with Gasteiger partial charge in [0.2, 0.25) is 0 Å². The van der Waals surface area contributed by atoms with E-state index < -0.39 is 0 Å². The summed E-state index contributed by atoms with van der Waals surface area (Å²) in [6.45, 7) is 2.09. The zero-order valence-corrected chi connectivity index (χ0v) is 10.4. The average Bonchev–Trinajstić information content (AvgIpc) is 2.91. The van der Waals surface area contributed by atoms with Gasteiger partial charge in [0.25, 0.3) is 0 Å². The van der Waals surface area contributed by atoms with Crippen LogP contribution in [0.3, 0.4) is 0 Å². The molecule has 1 aromatic heterocycles. The Kier molecular flexibility index (Phi) is 3.02. The van der Waals surface area contributed by atoms with E-state index in [4.69, 9.17) is 4.74 Å². The molecule has 2 heterocycles. The summed E-state index contributed by atoms with van der Waals surface area (Å²) >= 11 is 0. The van der Waals surface area contributed by atoms with Crippen LogP contribution < -0.4 is 15.4 Å². The second-order valence-corrected chi connectivity index (χ2v) is 4.58. The fourth-order valence-corrected chi connectivity index (χ4v) is 2.39. The molecule has 2 N–H and O–H groups in total. The Labute approximate surface area is 106 Å². The van der Waals surface area contributed by atoms with Crippen molar-refractivity contribution in [2.45, 2.75) is 12.5 Å². The van der Waals surface area contributed by atoms with Gasteiger partial charge in [-0.1, -0.05) is 0 Å². The van der Waals surface area contributed by atoms with Gasteiger partial charge in [0, 0.05) is 42.0 Å². The Morgan fingerprint density at radius 2 is 2.39 bits per heavy atom. The van der Waals surface area contributed by atoms with Crippen LogP contribution in [-0.4, -0.2) is 31.2 Å². The Hall–Kier alpha value is -1.81. The molecule has 0 saturated carbocycles. The highest BCUT2D eigenvalue weighted by molar-refractivity contribution is 5.92. The van der Waals surface area contributed by atoms with E-state index in [1.165, 1.54) is 0 Å². The predicted molar refractivity (Wildman–Crippen MR) is 73.2 cm³/mol. The standard InChI is InChI=1S/C14H17N3O/c1-18-11-7-13-12(3-2-5-16-13)14(8-11)17-10-4-6-15-9-10/h2-3,5,7-8,10,15,17H,4,6,9H2,1H3/t10-/m1/s1. The summed E-state index contributed by atoms with van der Waals surface area (Å²) < 4.78 is 5.33. The van der Waals surface area contributed by atoms with Crippen LogP contribution in [0.2, 0.25) is 0 Å². The molecule has 1 aromatic carbocycles. The second-order valence-electron chi connectivity index (χ2n) is 4.58. The molecule has 94 valence electrons. The summed E-state index contributed by atoms with van der Waals surface area (Å²) in [4.78, 5) is 4.39. The van der Waals surface area contributed by atoms with Crippen LogP contribution in [0.25, 0.3) is 10.9 Å². The number of nitrogens with zero attached hydrogens (tertiary/aromatic N) is 1. The van der Waals surface area contributed by atoms with Gasteiger partial charge < -0.3 is 15.4 Å². The molecule has 4 heteroatoms. The smallest absolute Gasteiger partial charge is 0.123 e. The molecule has 0 bridgehead atoms. The van der Waals surface area contributed by atoms with Crippen molar-refractivity contribution in [1.82, 2.24) is 10.3 Å². The van der Waals surface area contributed by atoms with Crippen LogP contribution in [0, 0.1) is 0 Å². The first-order chi connectivity index (χ1) is 8.86. The number of nitrogens with one attached hydrogen (secondary N) is 2. The highest BCUT2D eigenvalue weighted by atomic mass is 16.5. The van der Waals surface area contributed by atoms with E-state index >= 15 is 0 Å². The van der Waals surface area contributed by atoms with Crippen LogP contribution in [-0.2, 0) is 0 Å². The molecule has 0 amide bonds. The molecule has 0 unspecified atom stereocenters. The van der Waals surface area contributed by atoms with Crippen molar-refractivity contribution in [3.8, 4) is 5.75 Å². The molecule has 1 saturated heterocycles. The number of benzene rings is 1. The van der Waals surface area contributed by atoms with Crippen molar-refractivity contribution in [1.29, 1.82) is 0 Å². The van der Waals surface area contributed by atoms with Gasteiger partial charge in [-0.25, -0.2) is 0 Å². The van der Waals surface area contributed by atoms with E-state index in [1.54, 1.807) is 7.11 Å². The Morgan fingerprint density at radius 1 is 1.44 bits per heavy atom. The van der Waals surface area contributed by atoms with Crippen LogP contribution >= 0.6 is 0 Å². The minimum Gasteiger partial charge on any atom is -0.497 e. The number of hydrogen-bond donors (Lipinski definition) is 2. The minimum absolute atomic E-state index is 0.487. The lowest BCUT2D eigenvalue weighted by molar-refractivity contribution is 0.415. The zero-order chi connectivity index (χ0) is 12.4. The molecule has 18 heavy (non-hydrogen) atoms. The van der Waals surface area contributed by atoms with Crippen molar-refractivity contribution in [3.05, 3.63) is 30.5 Å². The van der Waals surface area contributed by atoms with Gasteiger partial charge in [-0.05, 0) is 25.1 Å². The minimum atomic E-state index is 0.487. The molecular weight excluding hydrogens is 226 g/mol. The maximum absolute atomic E-state index is 5.33. The lowest BCUT2D eigenvalue weighted by Gasteiger charge is -2.16. The van der Waals surface area contributed by atoms with Gasteiger partial charge in [0.15, 0.2) is 0 Å². The number of pyridine rings is 1. The first-order valence-corrected chi connectivity index (χ1v) is 6.27. The quantitative estimate of drug-likeness (QED) is 0.865. The van der Waals surface area contributed by atoms with Crippen molar-refractivity contribution < 1.29 is 4.74 Å². The van der Waals surface area contributed by atoms with Gasteiger partial charge in [0.05, 0.1) is 12.6 Å². The monoisotopic (exact) mass is 243 g/mol. The summed E-state index contributed by atoms with van der Waals surface area (Å²) in [5, 5.41) is 8.08. The SMILES string of the molecule is COc1cc(N[C@@H]2CCNC2)c2cccnc2c1. The number of ether oxygens (including phenoxy) is 1. The van der Waals surface area contributed by atoms with E-state index in [0.29, 0.717) is 6.04 Å². The van der Waals surface area contributed by atoms with Crippen LogP contribution in [0.1, 0.15) is 6.42 Å². The third kappa shape index (κ3) is 2.11. The molecule has 4 nitrogen and oxygen atoms in total. The van der Waals surface area contributed by atoms with Gasteiger partial charge in [0.1, 0.15) is 5.75 Å². The molecule has 1 atom stereocenters. The molecule has 1 aliphatic heterocycles. The third-order valence-corrected chi connectivity index (χ3v) is 3.35. The van der Waals surface area contributed by atoms with E-state index in [0.717, 1.165) is 41.9 Å². The maximum Gasteiger partial charge on any atom is 0.123 e. The average molecular weight is 243 g/mol. The highest BCUT2D eigenvalue weighted by Crippen LogP contribution is 2.28. The number of aromatic nitrogens is 1. The summed E-state index contributed by atoms with van der Waals surface area (Å²) in [7, 11) is 1.69. The molecule has 0 radical (unpaired) electrons. The van der Waals surface area contributed by atoms with Gasteiger partial charge in [-0.2, -0.15) is 0 Å². The molecule has 2 aromatic rings. The molecule has 1 fully saturated rings. The molecular formula is C14H17N3O. The van der Waals surface area contributed by atoms with Crippen LogP contribution in [0.15, 0.2) is 30.5 Å². The number of methoxy groups -OCH3 is 1.